The molecule has 0 amide bonds. The van der Waals surface area contributed by atoms with Crippen LogP contribution in [0.2, 0.25) is 5.02 Å². The number of nitrogens with one attached hydrogen (secondary N) is 1. The van der Waals surface area contributed by atoms with Crippen LogP contribution in [0.4, 0.5) is 5.13 Å². The Hall–Kier alpha value is -1.10. The zero-order chi connectivity index (χ0) is 12.8. The average molecular weight is 292 g/mol. The van der Waals surface area contributed by atoms with Gasteiger partial charge in [0.05, 0.1) is 5.69 Å². The summed E-state index contributed by atoms with van der Waals surface area (Å²) in [7, 11) is 0. The van der Waals surface area contributed by atoms with Crippen molar-refractivity contribution in [2.24, 2.45) is 0 Å². The number of rotatable bonds is 1. The van der Waals surface area contributed by atoms with Gasteiger partial charge in [0.15, 0.2) is 5.13 Å². The van der Waals surface area contributed by atoms with E-state index >= 15 is 0 Å². The largest absolute Gasteiger partial charge is 0.346 e. The van der Waals surface area contributed by atoms with Crippen LogP contribution in [0.1, 0.15) is 10.4 Å². The summed E-state index contributed by atoms with van der Waals surface area (Å²) in [5.74, 6) is 0. The van der Waals surface area contributed by atoms with Crippen LogP contribution in [0, 0.1) is 0 Å². The second-order valence-electron chi connectivity index (χ2n) is 4.98. The van der Waals surface area contributed by atoms with Gasteiger partial charge in [0.2, 0.25) is 0 Å². The number of fused-ring (bicyclic) bond motifs is 3. The van der Waals surface area contributed by atoms with Gasteiger partial charge in [-0.05, 0) is 17.7 Å². The van der Waals surface area contributed by atoms with Gasteiger partial charge in [-0.1, -0.05) is 17.7 Å². The number of hydrogen-bond acceptors (Lipinski definition) is 4. The van der Waals surface area contributed by atoms with Crippen LogP contribution in [0.5, 0.6) is 0 Å². The number of benzene rings is 1. The molecule has 2 aromatic rings. The van der Waals surface area contributed by atoms with Crippen molar-refractivity contribution in [2.45, 2.75) is 6.42 Å². The number of nitrogens with zero attached hydrogens (tertiary/aromatic N) is 2. The van der Waals surface area contributed by atoms with Gasteiger partial charge in [-0.2, -0.15) is 0 Å². The standard InChI is InChI=1S/C14H14ClN3S/c15-10-1-2-11-9(7-10)8-12-13(11)17-14(19-12)18-5-3-16-4-6-18/h1-2,7,16H,3-6,8H2. The monoisotopic (exact) mass is 291 g/mol. The van der Waals surface area contributed by atoms with Crippen LogP contribution in [-0.4, -0.2) is 31.2 Å². The van der Waals surface area contributed by atoms with E-state index < -0.39 is 0 Å². The van der Waals surface area contributed by atoms with E-state index in [1.165, 1.54) is 26.8 Å². The fourth-order valence-corrected chi connectivity index (χ4v) is 4.12. The van der Waals surface area contributed by atoms with Gasteiger partial charge in [-0.3, -0.25) is 0 Å². The van der Waals surface area contributed by atoms with Crippen LogP contribution < -0.4 is 10.2 Å². The summed E-state index contributed by atoms with van der Waals surface area (Å²) in [6, 6.07) is 6.12. The van der Waals surface area contributed by atoms with Gasteiger partial charge >= 0.3 is 0 Å². The van der Waals surface area contributed by atoms with Crippen LogP contribution in [-0.2, 0) is 6.42 Å². The molecule has 1 fully saturated rings. The molecule has 1 aromatic carbocycles. The molecule has 1 aliphatic carbocycles. The fraction of sp³-hybridized carbons (Fsp3) is 0.357. The summed E-state index contributed by atoms with van der Waals surface area (Å²) in [5, 5.41) is 5.37. The summed E-state index contributed by atoms with van der Waals surface area (Å²) >= 11 is 7.89. The highest BCUT2D eigenvalue weighted by Gasteiger charge is 2.25. The molecule has 1 aromatic heterocycles. The van der Waals surface area contributed by atoms with E-state index in [4.69, 9.17) is 16.6 Å². The lowest BCUT2D eigenvalue weighted by Crippen LogP contribution is -2.43. The van der Waals surface area contributed by atoms with Gasteiger partial charge in [-0.15, -0.1) is 11.3 Å². The van der Waals surface area contributed by atoms with E-state index in [0.29, 0.717) is 0 Å². The fourth-order valence-electron chi connectivity index (χ4n) is 2.77. The smallest absolute Gasteiger partial charge is 0.186 e. The minimum Gasteiger partial charge on any atom is -0.346 e. The minimum atomic E-state index is 0.816. The summed E-state index contributed by atoms with van der Waals surface area (Å²) in [6.45, 7) is 4.21. The number of halogens is 1. The van der Waals surface area contributed by atoms with Crippen molar-refractivity contribution in [3.05, 3.63) is 33.7 Å². The first-order valence-corrected chi connectivity index (χ1v) is 7.75. The third-order valence-corrected chi connectivity index (χ3v) is 5.10. The first kappa shape index (κ1) is 11.7. The molecule has 2 aliphatic rings. The lowest BCUT2D eigenvalue weighted by Gasteiger charge is -2.26. The quantitative estimate of drug-likeness (QED) is 0.747. The molecule has 5 heteroatoms. The Morgan fingerprint density at radius 2 is 2.11 bits per heavy atom. The first-order valence-electron chi connectivity index (χ1n) is 6.55. The third-order valence-electron chi connectivity index (χ3n) is 3.75. The molecule has 4 rings (SSSR count). The molecule has 0 saturated carbocycles. The highest BCUT2D eigenvalue weighted by atomic mass is 35.5. The summed E-state index contributed by atoms with van der Waals surface area (Å²) in [6.07, 6.45) is 0.981. The number of hydrogen-bond donors (Lipinski definition) is 1. The number of thiazole rings is 1. The second kappa shape index (κ2) is 4.47. The summed E-state index contributed by atoms with van der Waals surface area (Å²) in [4.78, 5) is 8.62. The van der Waals surface area contributed by atoms with E-state index in [-0.39, 0.29) is 0 Å². The predicted octanol–water partition coefficient (Wildman–Crippen LogP) is 2.78. The molecule has 0 radical (unpaired) electrons. The Kier molecular flexibility index (Phi) is 2.76. The van der Waals surface area contributed by atoms with Crippen molar-refractivity contribution >= 4 is 28.1 Å². The number of aromatic nitrogens is 1. The van der Waals surface area contributed by atoms with Crippen LogP contribution in [0.3, 0.4) is 0 Å². The van der Waals surface area contributed by atoms with E-state index in [9.17, 15) is 0 Å². The van der Waals surface area contributed by atoms with Crippen molar-refractivity contribution in [1.82, 2.24) is 10.3 Å². The molecule has 1 saturated heterocycles. The van der Waals surface area contributed by atoms with E-state index in [1.807, 2.05) is 17.4 Å². The molecular weight excluding hydrogens is 278 g/mol. The average Bonchev–Trinajstić information content (AvgIpc) is 2.96. The lowest BCUT2D eigenvalue weighted by atomic mass is 10.1. The van der Waals surface area contributed by atoms with Crippen molar-refractivity contribution in [3.8, 4) is 11.3 Å². The number of anilines is 1. The van der Waals surface area contributed by atoms with E-state index in [0.717, 1.165) is 37.6 Å². The van der Waals surface area contributed by atoms with Crippen LogP contribution in [0.25, 0.3) is 11.3 Å². The molecule has 1 aliphatic heterocycles. The Bertz CT molecular complexity index is 632. The number of piperazine rings is 1. The van der Waals surface area contributed by atoms with Gasteiger partial charge in [0.1, 0.15) is 0 Å². The maximum atomic E-state index is 6.05. The highest BCUT2D eigenvalue weighted by molar-refractivity contribution is 7.16. The zero-order valence-corrected chi connectivity index (χ0v) is 12.0. The Morgan fingerprint density at radius 1 is 1.26 bits per heavy atom. The maximum absolute atomic E-state index is 6.05. The summed E-state index contributed by atoms with van der Waals surface area (Å²) in [5.41, 5.74) is 3.75. The Labute approximate surface area is 121 Å². The first-order chi connectivity index (χ1) is 9.31. The van der Waals surface area contributed by atoms with Gasteiger partial charge < -0.3 is 10.2 Å². The summed E-state index contributed by atoms with van der Waals surface area (Å²) < 4.78 is 0. The van der Waals surface area contributed by atoms with Gasteiger partial charge in [-0.25, -0.2) is 4.98 Å². The molecule has 19 heavy (non-hydrogen) atoms. The van der Waals surface area contributed by atoms with Crippen molar-refractivity contribution in [2.75, 3.05) is 31.1 Å². The normalized spacial score (nSPS) is 17.4. The Morgan fingerprint density at radius 3 is 2.95 bits per heavy atom. The molecule has 0 atom stereocenters. The van der Waals surface area contributed by atoms with Crippen molar-refractivity contribution in [3.63, 3.8) is 0 Å². The van der Waals surface area contributed by atoms with Gasteiger partial charge in [0.25, 0.3) is 0 Å². The van der Waals surface area contributed by atoms with Crippen molar-refractivity contribution in [1.29, 1.82) is 0 Å². The third kappa shape index (κ3) is 1.95. The minimum absolute atomic E-state index is 0.816. The molecule has 3 nitrogen and oxygen atoms in total. The molecule has 0 bridgehead atoms. The van der Waals surface area contributed by atoms with Crippen LogP contribution in [0.15, 0.2) is 18.2 Å². The molecule has 1 N–H and O–H groups in total. The maximum Gasteiger partial charge on any atom is 0.186 e. The zero-order valence-electron chi connectivity index (χ0n) is 10.4. The lowest BCUT2D eigenvalue weighted by molar-refractivity contribution is 0.588. The second-order valence-corrected chi connectivity index (χ2v) is 6.48. The molecule has 98 valence electrons. The van der Waals surface area contributed by atoms with E-state index in [2.05, 4.69) is 22.3 Å². The predicted molar refractivity (Wildman–Crippen MR) is 80.4 cm³/mol. The molecular formula is C14H14ClN3S. The molecule has 2 heterocycles. The molecule has 0 spiro atoms. The Balaban J connectivity index is 1.71. The van der Waals surface area contributed by atoms with Crippen LogP contribution >= 0.6 is 22.9 Å². The van der Waals surface area contributed by atoms with E-state index in [1.54, 1.807) is 0 Å². The molecule has 0 unspecified atom stereocenters. The topological polar surface area (TPSA) is 28.2 Å². The SMILES string of the molecule is Clc1ccc2c(c1)Cc1sc(N3CCNCC3)nc1-2. The van der Waals surface area contributed by atoms with Gasteiger partial charge in [0, 0.05) is 48.1 Å². The van der Waals surface area contributed by atoms with Crippen molar-refractivity contribution < 1.29 is 0 Å². The highest BCUT2D eigenvalue weighted by Crippen LogP contribution is 2.42.